The average molecular weight is 229 g/mol. The van der Waals surface area contributed by atoms with Crippen molar-refractivity contribution in [2.24, 2.45) is 5.73 Å². The Kier molecular flexibility index (Phi) is 4.91. The van der Waals surface area contributed by atoms with Gasteiger partial charge in [-0.05, 0) is 19.2 Å². The fourth-order valence-electron chi connectivity index (χ4n) is 1.21. The quantitative estimate of drug-likeness (QED) is 0.788. The third-order valence-corrected chi connectivity index (χ3v) is 2.59. The van der Waals surface area contributed by atoms with Gasteiger partial charge in [0.25, 0.3) is 0 Å². The molecule has 0 heterocycles. The summed E-state index contributed by atoms with van der Waals surface area (Å²) in [6, 6.07) is 4.53. The maximum absolute atomic E-state index is 13.4. The van der Waals surface area contributed by atoms with Gasteiger partial charge in [0.05, 0.1) is 6.61 Å². The first-order chi connectivity index (χ1) is 7.15. The van der Waals surface area contributed by atoms with E-state index >= 15 is 0 Å². The van der Waals surface area contributed by atoms with Crippen LogP contribution in [-0.4, -0.2) is 18.6 Å². The molecule has 2 N–H and O–H groups in total. The molecule has 1 aromatic carbocycles. The van der Waals surface area contributed by atoms with E-state index in [2.05, 4.69) is 0 Å². The second kappa shape index (κ2) is 5.98. The van der Waals surface area contributed by atoms with Crippen LogP contribution in [0.15, 0.2) is 18.2 Å². The molecule has 0 aliphatic heterocycles. The van der Waals surface area contributed by atoms with Crippen LogP contribution in [0.5, 0.6) is 5.75 Å². The van der Waals surface area contributed by atoms with Crippen molar-refractivity contribution in [3.05, 3.63) is 29.6 Å². The van der Waals surface area contributed by atoms with Crippen LogP contribution in [0.25, 0.3) is 0 Å². The third kappa shape index (κ3) is 3.72. The highest BCUT2D eigenvalue weighted by Gasteiger charge is 2.07. The Labute approximate surface area is 94.0 Å². The minimum atomic E-state index is -0.299. The van der Waals surface area contributed by atoms with Crippen LogP contribution in [0.4, 0.5) is 4.39 Å². The first-order valence-corrected chi connectivity index (χ1v) is 6.21. The van der Waals surface area contributed by atoms with Gasteiger partial charge in [-0.25, -0.2) is 4.39 Å². The molecule has 1 aromatic rings. The van der Waals surface area contributed by atoms with Gasteiger partial charge in [0.1, 0.15) is 11.6 Å². The average Bonchev–Trinajstić information content (AvgIpc) is 2.17. The number of nitrogens with two attached hydrogens (primary N) is 1. The van der Waals surface area contributed by atoms with E-state index in [4.69, 9.17) is 10.5 Å². The van der Waals surface area contributed by atoms with Gasteiger partial charge in [0.15, 0.2) is 0 Å². The highest BCUT2D eigenvalue weighted by molar-refractivity contribution is 7.98. The van der Waals surface area contributed by atoms with E-state index in [1.807, 2.05) is 6.26 Å². The number of thioether (sulfide) groups is 1. The summed E-state index contributed by atoms with van der Waals surface area (Å²) in [6.45, 7) is 2.35. The van der Waals surface area contributed by atoms with Crippen molar-refractivity contribution >= 4 is 11.8 Å². The zero-order chi connectivity index (χ0) is 11.3. The fourth-order valence-corrected chi connectivity index (χ4v) is 1.46. The van der Waals surface area contributed by atoms with Gasteiger partial charge in [-0.2, -0.15) is 11.8 Å². The molecule has 4 heteroatoms. The first kappa shape index (κ1) is 12.3. The second-order valence-corrected chi connectivity index (χ2v) is 4.30. The molecule has 0 spiro atoms. The van der Waals surface area contributed by atoms with Crippen molar-refractivity contribution < 1.29 is 9.13 Å². The van der Waals surface area contributed by atoms with E-state index in [-0.39, 0.29) is 11.9 Å². The van der Waals surface area contributed by atoms with E-state index in [1.165, 1.54) is 6.07 Å². The van der Waals surface area contributed by atoms with E-state index in [9.17, 15) is 4.39 Å². The van der Waals surface area contributed by atoms with Gasteiger partial charge >= 0.3 is 0 Å². The molecule has 0 bridgehead atoms. The minimum Gasteiger partial charge on any atom is -0.493 e. The Bertz CT molecular complexity index is 317. The number of benzene rings is 1. The Morgan fingerprint density at radius 2 is 2.27 bits per heavy atom. The number of rotatable bonds is 5. The number of hydrogen-bond acceptors (Lipinski definition) is 3. The second-order valence-electron chi connectivity index (χ2n) is 3.31. The van der Waals surface area contributed by atoms with Crippen molar-refractivity contribution in [1.82, 2.24) is 0 Å². The van der Waals surface area contributed by atoms with Crippen molar-refractivity contribution in [3.8, 4) is 5.75 Å². The molecule has 1 unspecified atom stereocenters. The topological polar surface area (TPSA) is 35.2 Å². The Hall–Kier alpha value is -0.740. The fraction of sp³-hybridized carbons (Fsp3) is 0.455. The molecule has 0 amide bonds. The SMILES string of the molecule is CSCCOc1ccc(C(C)N)c(F)c1. The van der Waals surface area contributed by atoms with Crippen LogP contribution in [0, 0.1) is 5.82 Å². The Morgan fingerprint density at radius 1 is 1.53 bits per heavy atom. The molecule has 15 heavy (non-hydrogen) atoms. The predicted molar refractivity (Wildman–Crippen MR) is 62.9 cm³/mol. The summed E-state index contributed by atoms with van der Waals surface area (Å²) in [5.41, 5.74) is 6.12. The lowest BCUT2D eigenvalue weighted by atomic mass is 10.1. The van der Waals surface area contributed by atoms with Gasteiger partial charge in [0.2, 0.25) is 0 Å². The van der Waals surface area contributed by atoms with Gasteiger partial charge in [0, 0.05) is 23.4 Å². The van der Waals surface area contributed by atoms with Crippen LogP contribution in [-0.2, 0) is 0 Å². The summed E-state index contributed by atoms with van der Waals surface area (Å²) in [6.07, 6.45) is 2.00. The molecule has 0 radical (unpaired) electrons. The lowest BCUT2D eigenvalue weighted by molar-refractivity contribution is 0.341. The zero-order valence-corrected chi connectivity index (χ0v) is 9.81. The van der Waals surface area contributed by atoms with E-state index in [0.717, 1.165) is 5.75 Å². The first-order valence-electron chi connectivity index (χ1n) is 4.82. The maximum atomic E-state index is 13.4. The van der Waals surface area contributed by atoms with Gasteiger partial charge in [-0.3, -0.25) is 0 Å². The van der Waals surface area contributed by atoms with Crippen molar-refractivity contribution in [2.45, 2.75) is 13.0 Å². The standard InChI is InChI=1S/C11H16FNOS/c1-8(13)10-4-3-9(7-11(10)12)14-5-6-15-2/h3-4,7-8H,5-6,13H2,1-2H3. The van der Waals surface area contributed by atoms with Crippen LogP contribution >= 0.6 is 11.8 Å². The largest absolute Gasteiger partial charge is 0.493 e. The molecule has 0 saturated heterocycles. The molecule has 0 fully saturated rings. The molecule has 84 valence electrons. The molecular formula is C11H16FNOS. The normalized spacial score (nSPS) is 12.5. The van der Waals surface area contributed by atoms with Crippen LogP contribution < -0.4 is 10.5 Å². The summed E-state index contributed by atoms with van der Waals surface area (Å²) in [5.74, 6) is 1.16. The monoisotopic (exact) mass is 229 g/mol. The highest BCUT2D eigenvalue weighted by Crippen LogP contribution is 2.20. The van der Waals surface area contributed by atoms with Gasteiger partial charge in [-0.1, -0.05) is 6.07 Å². The van der Waals surface area contributed by atoms with Crippen molar-refractivity contribution in [3.63, 3.8) is 0 Å². The minimum absolute atomic E-state index is 0.287. The summed E-state index contributed by atoms with van der Waals surface area (Å²) in [7, 11) is 0. The molecule has 2 nitrogen and oxygen atoms in total. The van der Waals surface area contributed by atoms with Crippen molar-refractivity contribution in [1.29, 1.82) is 0 Å². The molecule has 1 rings (SSSR count). The lowest BCUT2D eigenvalue weighted by Gasteiger charge is -2.09. The zero-order valence-electron chi connectivity index (χ0n) is 9.00. The molecule has 1 atom stereocenters. The highest BCUT2D eigenvalue weighted by atomic mass is 32.2. The van der Waals surface area contributed by atoms with Gasteiger partial charge in [-0.15, -0.1) is 0 Å². The summed E-state index contributed by atoms with van der Waals surface area (Å²) in [5, 5.41) is 0. The van der Waals surface area contributed by atoms with Crippen LogP contribution in [0.2, 0.25) is 0 Å². The maximum Gasteiger partial charge on any atom is 0.131 e. The molecule has 0 aromatic heterocycles. The number of ether oxygens (including phenoxy) is 1. The van der Waals surface area contributed by atoms with E-state index in [0.29, 0.717) is 17.9 Å². The third-order valence-electron chi connectivity index (χ3n) is 2.02. The molecule has 0 aliphatic carbocycles. The van der Waals surface area contributed by atoms with E-state index < -0.39 is 0 Å². The Balaban J connectivity index is 2.65. The summed E-state index contributed by atoms with van der Waals surface area (Å²) in [4.78, 5) is 0. The molecular weight excluding hydrogens is 213 g/mol. The van der Waals surface area contributed by atoms with E-state index in [1.54, 1.807) is 30.8 Å². The summed E-state index contributed by atoms with van der Waals surface area (Å²) < 4.78 is 18.8. The van der Waals surface area contributed by atoms with Crippen LogP contribution in [0.3, 0.4) is 0 Å². The number of halogens is 1. The molecule has 0 aliphatic rings. The summed E-state index contributed by atoms with van der Waals surface area (Å²) >= 11 is 1.69. The predicted octanol–water partition coefficient (Wildman–Crippen LogP) is 2.59. The number of hydrogen-bond donors (Lipinski definition) is 1. The van der Waals surface area contributed by atoms with Gasteiger partial charge < -0.3 is 10.5 Å². The van der Waals surface area contributed by atoms with Crippen molar-refractivity contribution in [2.75, 3.05) is 18.6 Å². The Morgan fingerprint density at radius 3 is 2.80 bits per heavy atom. The lowest BCUT2D eigenvalue weighted by Crippen LogP contribution is -2.08. The smallest absolute Gasteiger partial charge is 0.131 e. The van der Waals surface area contributed by atoms with Crippen LogP contribution in [0.1, 0.15) is 18.5 Å². The molecule has 0 saturated carbocycles.